The normalized spacial score (nSPS) is 11.2. The molecule has 0 bridgehead atoms. The third kappa shape index (κ3) is 3.93. The molecule has 0 unspecified atom stereocenters. The van der Waals surface area contributed by atoms with Gasteiger partial charge in [-0.15, -0.1) is 0 Å². The van der Waals surface area contributed by atoms with E-state index in [4.69, 9.17) is 0 Å². The molecule has 0 atom stereocenters. The fraction of sp³-hybridized carbons (Fsp3) is 0.231. The standard InChI is InChI=1S/C13H10F3N5O5/c1-19-11(22)5-10(13(14,15)16)18-12(19)17-6-7-2-3-8(20(23)24)4-9(7)21(25)26/h2-5H,6H2,1H3,(H,17,18). The molecule has 138 valence electrons. The largest absolute Gasteiger partial charge is 0.433 e. The van der Waals surface area contributed by atoms with Crippen molar-refractivity contribution in [1.82, 2.24) is 9.55 Å². The lowest BCUT2D eigenvalue weighted by Gasteiger charge is -2.13. The van der Waals surface area contributed by atoms with E-state index in [1.807, 2.05) is 0 Å². The van der Waals surface area contributed by atoms with Gasteiger partial charge in [0.05, 0.1) is 15.9 Å². The van der Waals surface area contributed by atoms with Crippen molar-refractivity contribution >= 4 is 17.3 Å². The van der Waals surface area contributed by atoms with E-state index >= 15 is 0 Å². The van der Waals surface area contributed by atoms with Crippen LogP contribution >= 0.6 is 0 Å². The number of benzene rings is 1. The van der Waals surface area contributed by atoms with Crippen LogP contribution in [0.4, 0.5) is 30.5 Å². The van der Waals surface area contributed by atoms with Gasteiger partial charge in [-0.05, 0) is 6.07 Å². The summed E-state index contributed by atoms with van der Waals surface area (Å²) in [5, 5.41) is 24.1. The summed E-state index contributed by atoms with van der Waals surface area (Å²) in [6.45, 7) is -0.379. The molecule has 0 aliphatic carbocycles. The molecule has 2 rings (SSSR count). The minimum absolute atomic E-state index is 0.0349. The molecular formula is C13H10F3N5O5. The van der Waals surface area contributed by atoms with E-state index in [0.717, 1.165) is 22.8 Å². The van der Waals surface area contributed by atoms with Crippen LogP contribution in [0.1, 0.15) is 11.3 Å². The van der Waals surface area contributed by atoms with E-state index in [9.17, 15) is 38.2 Å². The van der Waals surface area contributed by atoms with Crippen molar-refractivity contribution in [3.8, 4) is 0 Å². The first-order valence-corrected chi connectivity index (χ1v) is 6.81. The Morgan fingerprint density at radius 3 is 2.38 bits per heavy atom. The zero-order chi connectivity index (χ0) is 19.6. The molecule has 13 heteroatoms. The van der Waals surface area contributed by atoms with Gasteiger partial charge in [0.15, 0.2) is 5.69 Å². The first-order chi connectivity index (χ1) is 12.0. The lowest BCUT2D eigenvalue weighted by atomic mass is 10.1. The molecule has 0 aliphatic rings. The number of nitrogens with one attached hydrogen (secondary N) is 1. The number of alkyl halides is 3. The summed E-state index contributed by atoms with van der Waals surface area (Å²) in [5.74, 6) is -0.461. The van der Waals surface area contributed by atoms with Crippen LogP contribution in [-0.2, 0) is 19.8 Å². The molecule has 1 heterocycles. The Bertz CT molecular complexity index is 941. The number of hydrogen-bond acceptors (Lipinski definition) is 7. The topological polar surface area (TPSA) is 133 Å². The summed E-state index contributed by atoms with van der Waals surface area (Å²) in [7, 11) is 1.17. The first kappa shape index (κ1) is 18.8. The number of non-ortho nitro benzene ring substituents is 1. The number of halogens is 3. The molecule has 0 fully saturated rings. The number of nitro groups is 2. The summed E-state index contributed by atoms with van der Waals surface area (Å²) in [5.41, 5.74) is -3.53. The lowest BCUT2D eigenvalue weighted by Crippen LogP contribution is -2.25. The van der Waals surface area contributed by atoms with Crippen LogP contribution in [0.3, 0.4) is 0 Å². The van der Waals surface area contributed by atoms with E-state index < -0.39 is 44.6 Å². The summed E-state index contributed by atoms with van der Waals surface area (Å²) in [6, 6.07) is 3.16. The summed E-state index contributed by atoms with van der Waals surface area (Å²) >= 11 is 0. The quantitative estimate of drug-likeness (QED) is 0.627. The van der Waals surface area contributed by atoms with Crippen LogP contribution in [0, 0.1) is 20.2 Å². The van der Waals surface area contributed by atoms with Crippen molar-refractivity contribution in [2.45, 2.75) is 12.7 Å². The maximum absolute atomic E-state index is 12.7. The van der Waals surface area contributed by atoms with Gasteiger partial charge in [0.25, 0.3) is 16.9 Å². The fourth-order valence-electron chi connectivity index (χ4n) is 2.00. The monoisotopic (exact) mass is 373 g/mol. The van der Waals surface area contributed by atoms with Gasteiger partial charge < -0.3 is 5.32 Å². The van der Waals surface area contributed by atoms with Gasteiger partial charge in [0, 0.05) is 31.3 Å². The molecule has 0 amide bonds. The van der Waals surface area contributed by atoms with Gasteiger partial charge >= 0.3 is 6.18 Å². The highest BCUT2D eigenvalue weighted by Crippen LogP contribution is 2.28. The zero-order valence-electron chi connectivity index (χ0n) is 13.0. The number of anilines is 1. The first-order valence-electron chi connectivity index (χ1n) is 6.81. The van der Waals surface area contributed by atoms with Crippen LogP contribution in [-0.4, -0.2) is 19.4 Å². The minimum atomic E-state index is -4.84. The molecule has 0 saturated heterocycles. The zero-order valence-corrected chi connectivity index (χ0v) is 13.0. The Morgan fingerprint density at radius 2 is 1.85 bits per heavy atom. The Labute approximate surface area is 142 Å². The van der Waals surface area contributed by atoms with Crippen molar-refractivity contribution in [2.24, 2.45) is 7.05 Å². The molecule has 1 aromatic carbocycles. The molecule has 2 aromatic rings. The Morgan fingerprint density at radius 1 is 1.19 bits per heavy atom. The molecule has 0 radical (unpaired) electrons. The number of nitrogens with zero attached hydrogens (tertiary/aromatic N) is 4. The van der Waals surface area contributed by atoms with Gasteiger partial charge in [0.2, 0.25) is 5.95 Å². The van der Waals surface area contributed by atoms with Crippen LogP contribution < -0.4 is 10.9 Å². The summed E-state index contributed by atoms with van der Waals surface area (Å²) in [6.07, 6.45) is -4.84. The third-order valence-corrected chi connectivity index (χ3v) is 3.34. The third-order valence-electron chi connectivity index (χ3n) is 3.34. The molecule has 10 nitrogen and oxygen atoms in total. The van der Waals surface area contributed by atoms with E-state index in [1.165, 1.54) is 7.05 Å². The van der Waals surface area contributed by atoms with E-state index in [1.54, 1.807) is 0 Å². The highest BCUT2D eigenvalue weighted by Gasteiger charge is 2.34. The average molecular weight is 373 g/mol. The van der Waals surface area contributed by atoms with Crippen LogP contribution in [0.5, 0.6) is 0 Å². The molecule has 0 spiro atoms. The van der Waals surface area contributed by atoms with Crippen molar-refractivity contribution in [2.75, 3.05) is 5.32 Å². The van der Waals surface area contributed by atoms with Gasteiger partial charge in [-0.1, -0.05) is 0 Å². The van der Waals surface area contributed by atoms with Crippen LogP contribution in [0.2, 0.25) is 0 Å². The van der Waals surface area contributed by atoms with Gasteiger partial charge in [-0.25, -0.2) is 4.98 Å². The predicted molar refractivity (Wildman–Crippen MR) is 81.6 cm³/mol. The lowest BCUT2D eigenvalue weighted by molar-refractivity contribution is -0.394. The molecule has 26 heavy (non-hydrogen) atoms. The van der Waals surface area contributed by atoms with Crippen LogP contribution in [0.15, 0.2) is 29.1 Å². The van der Waals surface area contributed by atoms with Gasteiger partial charge in [0.1, 0.15) is 0 Å². The SMILES string of the molecule is Cn1c(NCc2ccc([N+](=O)[O-])cc2[N+](=O)[O-])nc(C(F)(F)F)cc1=O. The van der Waals surface area contributed by atoms with Gasteiger partial charge in [-0.3, -0.25) is 29.6 Å². The smallest absolute Gasteiger partial charge is 0.351 e. The second-order valence-electron chi connectivity index (χ2n) is 5.04. The van der Waals surface area contributed by atoms with E-state index in [2.05, 4.69) is 10.3 Å². The molecule has 1 N–H and O–H groups in total. The van der Waals surface area contributed by atoms with Crippen molar-refractivity contribution in [3.63, 3.8) is 0 Å². The molecule has 0 saturated carbocycles. The molecule has 0 aliphatic heterocycles. The minimum Gasteiger partial charge on any atom is -0.351 e. The molecule has 1 aromatic heterocycles. The highest BCUT2D eigenvalue weighted by molar-refractivity contribution is 5.50. The summed E-state index contributed by atoms with van der Waals surface area (Å²) < 4.78 is 39.0. The number of nitro benzene ring substituents is 2. The Hall–Kier alpha value is -3.51. The number of hydrogen-bond donors (Lipinski definition) is 1. The Kier molecular flexibility index (Phi) is 4.91. The number of rotatable bonds is 5. The maximum Gasteiger partial charge on any atom is 0.433 e. The van der Waals surface area contributed by atoms with E-state index in [-0.39, 0.29) is 12.1 Å². The van der Waals surface area contributed by atoms with Gasteiger partial charge in [-0.2, -0.15) is 13.2 Å². The molecular weight excluding hydrogens is 363 g/mol. The van der Waals surface area contributed by atoms with Crippen molar-refractivity contribution < 1.29 is 23.0 Å². The summed E-state index contributed by atoms with van der Waals surface area (Å²) in [4.78, 5) is 35.0. The maximum atomic E-state index is 12.7. The number of aromatic nitrogens is 2. The highest BCUT2D eigenvalue weighted by atomic mass is 19.4. The fourth-order valence-corrected chi connectivity index (χ4v) is 2.00. The second kappa shape index (κ2) is 6.78. The second-order valence-corrected chi connectivity index (χ2v) is 5.04. The van der Waals surface area contributed by atoms with Crippen molar-refractivity contribution in [3.05, 3.63) is 66.1 Å². The Balaban J connectivity index is 2.37. The van der Waals surface area contributed by atoms with Crippen molar-refractivity contribution in [1.29, 1.82) is 0 Å². The van der Waals surface area contributed by atoms with E-state index in [0.29, 0.717) is 6.07 Å². The van der Waals surface area contributed by atoms with Crippen LogP contribution in [0.25, 0.3) is 0 Å². The predicted octanol–water partition coefficient (Wildman–Crippen LogP) is 2.23. The average Bonchev–Trinajstić information content (AvgIpc) is 2.54.